The molecule has 1 saturated heterocycles. The average molecular weight is 540 g/mol. The molecular weight excluding hydrogens is 506 g/mol. The number of carbonyl (C=O) groups is 1. The topological polar surface area (TPSA) is 91.0 Å². The van der Waals surface area contributed by atoms with Crippen molar-refractivity contribution >= 4 is 28.4 Å². The Morgan fingerprint density at radius 2 is 1.97 bits per heavy atom. The zero-order valence-electron chi connectivity index (χ0n) is 22.6. The van der Waals surface area contributed by atoms with Gasteiger partial charge in [0, 0.05) is 17.0 Å². The van der Waals surface area contributed by atoms with E-state index in [1.165, 1.54) is 0 Å². The third kappa shape index (κ3) is 2.96. The predicted molar refractivity (Wildman–Crippen MR) is 141 cm³/mol. The van der Waals surface area contributed by atoms with Crippen molar-refractivity contribution in [1.29, 1.82) is 0 Å². The van der Waals surface area contributed by atoms with E-state index in [9.17, 15) is 9.90 Å². The molecule has 38 heavy (non-hydrogen) atoms. The molecule has 2 bridgehead atoms. The van der Waals surface area contributed by atoms with Crippen LogP contribution in [-0.2, 0) is 14.3 Å². The SMILES string of the molecule is CC1=CC23C(=O)[C@@H](C=C4COC(C)(C)O[C@H]4[C@]2(O)[C@H]1Oc1noc2cc(Cl)ccc12)[C@H]1[C@@H](C[C@H]3C)C1(C)C. The maximum atomic E-state index is 14.8. The first kappa shape index (κ1) is 24.8. The maximum Gasteiger partial charge on any atom is 0.262 e. The van der Waals surface area contributed by atoms with E-state index in [1.807, 2.05) is 26.8 Å². The highest BCUT2D eigenvalue weighted by Crippen LogP contribution is 2.72. The smallest absolute Gasteiger partial charge is 0.262 e. The van der Waals surface area contributed by atoms with Gasteiger partial charge in [0.2, 0.25) is 0 Å². The molecule has 2 saturated carbocycles. The number of ether oxygens (including phenoxy) is 3. The molecule has 0 amide bonds. The zero-order chi connectivity index (χ0) is 27.0. The van der Waals surface area contributed by atoms with Crippen molar-refractivity contribution in [3.63, 3.8) is 0 Å². The molecule has 7 nitrogen and oxygen atoms in total. The van der Waals surface area contributed by atoms with Crippen LogP contribution in [0.5, 0.6) is 5.88 Å². The maximum absolute atomic E-state index is 14.8. The van der Waals surface area contributed by atoms with Gasteiger partial charge in [-0.05, 0) is 78.8 Å². The summed E-state index contributed by atoms with van der Waals surface area (Å²) >= 11 is 6.15. The zero-order valence-corrected chi connectivity index (χ0v) is 23.3. The number of hydrogen-bond donors (Lipinski definition) is 1. The fraction of sp³-hybridized carbons (Fsp3) is 0.600. The molecule has 3 fully saturated rings. The number of aromatic nitrogens is 1. The third-order valence-electron chi connectivity index (χ3n) is 10.3. The van der Waals surface area contributed by atoms with E-state index in [2.05, 4.69) is 32.0 Å². The molecular formula is C30H34ClNO6. The Morgan fingerprint density at radius 3 is 2.74 bits per heavy atom. The number of carbonyl (C=O) groups excluding carboxylic acids is 1. The first-order valence-electron chi connectivity index (χ1n) is 13.5. The number of allylic oxidation sites excluding steroid dienone is 1. The molecule has 1 aromatic heterocycles. The molecule has 1 spiro atoms. The Hall–Kier alpha value is -2.19. The van der Waals surface area contributed by atoms with Crippen LogP contribution in [0.15, 0.2) is 46.0 Å². The number of aliphatic hydroxyl groups is 1. The summed E-state index contributed by atoms with van der Waals surface area (Å²) in [6.07, 6.45) is 3.20. The predicted octanol–water partition coefficient (Wildman–Crippen LogP) is 5.49. The minimum absolute atomic E-state index is 0.0520. The van der Waals surface area contributed by atoms with E-state index < -0.39 is 29.0 Å². The highest BCUT2D eigenvalue weighted by Gasteiger charge is 2.77. The number of Topliss-reactive ketones (excluding diaryl/α,β-unsaturated/α-hetero) is 1. The van der Waals surface area contributed by atoms with E-state index in [0.29, 0.717) is 21.9 Å². The summed E-state index contributed by atoms with van der Waals surface area (Å²) in [4.78, 5) is 14.8. The number of fused-ring (bicyclic) bond motifs is 6. The minimum atomic E-state index is -1.71. The van der Waals surface area contributed by atoms with Gasteiger partial charge < -0.3 is 23.8 Å². The minimum Gasteiger partial charge on any atom is -0.464 e. The Morgan fingerprint density at radius 1 is 1.21 bits per heavy atom. The van der Waals surface area contributed by atoms with E-state index >= 15 is 0 Å². The van der Waals surface area contributed by atoms with Gasteiger partial charge in [-0.3, -0.25) is 4.79 Å². The van der Waals surface area contributed by atoms with Gasteiger partial charge in [-0.2, -0.15) is 0 Å². The van der Waals surface area contributed by atoms with Crippen molar-refractivity contribution in [3.8, 4) is 5.88 Å². The molecule has 8 atom stereocenters. The second kappa shape index (κ2) is 7.51. The van der Waals surface area contributed by atoms with Gasteiger partial charge in [-0.15, -0.1) is 0 Å². The van der Waals surface area contributed by atoms with Crippen LogP contribution in [0.1, 0.15) is 48.0 Å². The van der Waals surface area contributed by atoms with Crippen LogP contribution in [0.2, 0.25) is 5.02 Å². The van der Waals surface area contributed by atoms with Gasteiger partial charge in [-0.25, -0.2) is 0 Å². The number of hydrogen-bond acceptors (Lipinski definition) is 7. The summed E-state index contributed by atoms with van der Waals surface area (Å²) in [5.74, 6) is -0.468. The first-order chi connectivity index (χ1) is 17.8. The van der Waals surface area contributed by atoms with Crippen molar-refractivity contribution in [3.05, 3.63) is 46.5 Å². The van der Waals surface area contributed by atoms with E-state index in [0.717, 1.165) is 17.6 Å². The molecule has 1 unspecified atom stereocenters. The molecule has 5 aliphatic rings. The third-order valence-corrected chi connectivity index (χ3v) is 10.5. The normalized spacial score (nSPS) is 42.3. The second-order valence-corrected chi connectivity index (χ2v) is 13.6. The lowest BCUT2D eigenvalue weighted by atomic mass is 9.59. The molecule has 4 aliphatic carbocycles. The summed E-state index contributed by atoms with van der Waals surface area (Å²) < 4.78 is 24.7. The molecule has 202 valence electrons. The summed E-state index contributed by atoms with van der Waals surface area (Å²) in [5, 5.41) is 18.5. The summed E-state index contributed by atoms with van der Waals surface area (Å²) in [7, 11) is 0. The van der Waals surface area contributed by atoms with Crippen LogP contribution in [-0.4, -0.2) is 46.2 Å². The van der Waals surface area contributed by atoms with Crippen molar-refractivity contribution in [1.82, 2.24) is 5.16 Å². The fourth-order valence-corrected chi connectivity index (χ4v) is 8.55. The quantitative estimate of drug-likeness (QED) is 0.504. The van der Waals surface area contributed by atoms with E-state index in [1.54, 1.807) is 18.2 Å². The van der Waals surface area contributed by atoms with Crippen LogP contribution in [0.25, 0.3) is 11.0 Å². The second-order valence-electron chi connectivity index (χ2n) is 13.1. The van der Waals surface area contributed by atoms with Crippen molar-refractivity contribution in [2.75, 3.05) is 6.61 Å². The summed E-state index contributed by atoms with van der Waals surface area (Å²) in [5.41, 5.74) is -0.769. The highest BCUT2D eigenvalue weighted by atomic mass is 35.5. The van der Waals surface area contributed by atoms with Gasteiger partial charge in [0.1, 0.15) is 6.10 Å². The van der Waals surface area contributed by atoms with Crippen LogP contribution < -0.4 is 4.74 Å². The Kier molecular flexibility index (Phi) is 4.90. The molecule has 1 aliphatic heterocycles. The molecule has 2 aromatic rings. The first-order valence-corrected chi connectivity index (χ1v) is 13.9. The van der Waals surface area contributed by atoms with Crippen molar-refractivity contribution < 1.29 is 28.6 Å². The van der Waals surface area contributed by atoms with Gasteiger partial charge >= 0.3 is 0 Å². The monoisotopic (exact) mass is 539 g/mol. The van der Waals surface area contributed by atoms with Gasteiger partial charge in [0.15, 0.2) is 28.9 Å². The standard InChI is InChI=1S/C30H34ClNO6/c1-14-12-29-15(2)9-20-22(27(20,3)4)19(23(29)33)10-16-13-35-28(5,6)37-25(16)30(29,34)24(14)36-26-18-8-7-17(31)11-21(18)38-32-26/h7-8,10-12,15,19-20,22,24-25,34H,9,13H2,1-6H3/t15-,19+,20-,22+,24+,25-,29?,30-/m1/s1. The molecule has 1 N–H and O–H groups in total. The molecule has 8 heteroatoms. The average Bonchev–Trinajstić information content (AvgIpc) is 3.12. The molecule has 2 heterocycles. The number of rotatable bonds is 2. The van der Waals surface area contributed by atoms with Crippen LogP contribution in [0.3, 0.4) is 0 Å². The number of benzene rings is 1. The number of nitrogens with zero attached hydrogens (tertiary/aromatic N) is 1. The Balaban J connectivity index is 1.42. The van der Waals surface area contributed by atoms with Gasteiger partial charge in [-0.1, -0.05) is 44.5 Å². The number of ketones is 1. The fourth-order valence-electron chi connectivity index (χ4n) is 8.38. The van der Waals surface area contributed by atoms with Crippen molar-refractivity contribution in [2.24, 2.45) is 34.5 Å². The number of halogens is 1. The molecule has 0 radical (unpaired) electrons. The van der Waals surface area contributed by atoms with Gasteiger partial charge in [0.05, 0.1) is 17.4 Å². The van der Waals surface area contributed by atoms with Gasteiger partial charge in [0.25, 0.3) is 5.88 Å². The summed E-state index contributed by atoms with van der Waals surface area (Å²) in [6, 6.07) is 5.21. The van der Waals surface area contributed by atoms with Crippen LogP contribution >= 0.6 is 11.6 Å². The van der Waals surface area contributed by atoms with E-state index in [4.69, 9.17) is 30.3 Å². The largest absolute Gasteiger partial charge is 0.464 e. The lowest BCUT2D eigenvalue weighted by Gasteiger charge is -2.52. The molecule has 1 aromatic carbocycles. The van der Waals surface area contributed by atoms with E-state index in [-0.39, 0.29) is 41.4 Å². The molecule has 7 rings (SSSR count). The Bertz CT molecular complexity index is 1440. The highest BCUT2D eigenvalue weighted by molar-refractivity contribution is 6.31. The summed E-state index contributed by atoms with van der Waals surface area (Å²) in [6.45, 7) is 12.5. The Labute approximate surface area is 227 Å². The van der Waals surface area contributed by atoms with Crippen molar-refractivity contribution in [2.45, 2.75) is 71.6 Å². The van der Waals surface area contributed by atoms with Crippen LogP contribution in [0.4, 0.5) is 0 Å². The lowest BCUT2D eigenvalue weighted by Crippen LogP contribution is -2.68. The van der Waals surface area contributed by atoms with Crippen LogP contribution in [0, 0.1) is 34.5 Å². The lowest BCUT2D eigenvalue weighted by molar-refractivity contribution is -0.301.